The second-order valence-corrected chi connectivity index (χ2v) is 8.62. The molecular weight excluding hydrogens is 386 g/mol. The van der Waals surface area contributed by atoms with E-state index in [4.69, 9.17) is 4.74 Å². The van der Waals surface area contributed by atoms with Gasteiger partial charge < -0.3 is 10.1 Å². The van der Waals surface area contributed by atoms with Gasteiger partial charge in [0.2, 0.25) is 10.0 Å². The Kier molecular flexibility index (Phi) is 7.53. The monoisotopic (exact) mass is 411 g/mol. The van der Waals surface area contributed by atoms with Crippen LogP contribution in [0.3, 0.4) is 0 Å². The zero-order valence-electron chi connectivity index (χ0n) is 15.9. The van der Waals surface area contributed by atoms with Gasteiger partial charge in [-0.05, 0) is 32.3 Å². The van der Waals surface area contributed by atoms with Crippen LogP contribution in [0.25, 0.3) is 0 Å². The minimum atomic E-state index is -3.53. The second kappa shape index (κ2) is 9.65. The third-order valence-electron chi connectivity index (χ3n) is 4.39. The molecule has 1 aromatic carbocycles. The number of esters is 1. The number of ether oxygens (including phenoxy) is 1. The van der Waals surface area contributed by atoms with Gasteiger partial charge in [-0.25, -0.2) is 13.2 Å². The van der Waals surface area contributed by atoms with Crippen LogP contribution in [-0.4, -0.2) is 55.1 Å². The summed E-state index contributed by atoms with van der Waals surface area (Å²) in [7, 11) is -3.53. The molecule has 3 amide bonds. The number of hydrogen-bond acceptors (Lipinski definition) is 6. The predicted molar refractivity (Wildman–Crippen MR) is 102 cm³/mol. The van der Waals surface area contributed by atoms with E-state index in [1.54, 1.807) is 0 Å². The molecule has 0 aliphatic carbocycles. The largest absolute Gasteiger partial charge is 0.451 e. The number of hydrogen-bond donors (Lipinski definition) is 2. The first-order valence-electron chi connectivity index (χ1n) is 9.07. The number of carbonyl (C=O) groups excluding carboxylic acids is 3. The number of amides is 3. The standard InChI is InChI=1S/C18H25N3O6S/c1-3-28(25,26)21-11-7-10-15(21)17(23)27-13(2)16(22)20-18(24)19-12-14-8-5-4-6-9-14/h4-6,8-9,13,15H,3,7,10-12H2,1-2H3,(H2,19,20,22,24)/t13-,15+/m1/s1. The summed E-state index contributed by atoms with van der Waals surface area (Å²) < 4.78 is 30.3. The molecular formula is C18H25N3O6S. The average molecular weight is 411 g/mol. The molecule has 9 nitrogen and oxygen atoms in total. The Bertz CT molecular complexity index is 812. The van der Waals surface area contributed by atoms with Gasteiger partial charge in [-0.2, -0.15) is 4.31 Å². The summed E-state index contributed by atoms with van der Waals surface area (Å²) in [6, 6.07) is 7.49. The fourth-order valence-corrected chi connectivity index (χ4v) is 4.13. The van der Waals surface area contributed by atoms with Gasteiger partial charge in [-0.1, -0.05) is 30.3 Å². The first-order valence-corrected chi connectivity index (χ1v) is 10.7. The zero-order valence-corrected chi connectivity index (χ0v) is 16.7. The van der Waals surface area contributed by atoms with Gasteiger partial charge in [0.25, 0.3) is 5.91 Å². The first-order chi connectivity index (χ1) is 13.2. The number of nitrogens with one attached hydrogen (secondary N) is 2. The molecule has 1 aliphatic rings. The Morgan fingerprint density at radius 2 is 1.93 bits per heavy atom. The van der Waals surface area contributed by atoms with Crippen LogP contribution in [0.1, 0.15) is 32.3 Å². The summed E-state index contributed by atoms with van der Waals surface area (Å²) in [6.45, 7) is 3.31. The summed E-state index contributed by atoms with van der Waals surface area (Å²) in [5.41, 5.74) is 0.864. The smallest absolute Gasteiger partial charge is 0.325 e. The van der Waals surface area contributed by atoms with Gasteiger partial charge in [-0.3, -0.25) is 14.9 Å². The van der Waals surface area contributed by atoms with Crippen LogP contribution < -0.4 is 10.6 Å². The summed E-state index contributed by atoms with van der Waals surface area (Å²) in [5.74, 6) is -1.70. The number of benzene rings is 1. The minimum absolute atomic E-state index is 0.117. The predicted octanol–water partition coefficient (Wildman–Crippen LogP) is 0.758. The first kappa shape index (κ1) is 21.8. The molecule has 28 heavy (non-hydrogen) atoms. The van der Waals surface area contributed by atoms with Crippen LogP contribution >= 0.6 is 0 Å². The van der Waals surface area contributed by atoms with Crippen LogP contribution in [0.2, 0.25) is 0 Å². The lowest BCUT2D eigenvalue weighted by atomic mass is 10.2. The number of nitrogens with zero attached hydrogens (tertiary/aromatic N) is 1. The van der Waals surface area contributed by atoms with E-state index < -0.39 is 40.1 Å². The third kappa shape index (κ3) is 5.77. The summed E-state index contributed by atoms with van der Waals surface area (Å²) >= 11 is 0. The van der Waals surface area contributed by atoms with Crippen LogP contribution in [0.5, 0.6) is 0 Å². The molecule has 1 saturated heterocycles. The van der Waals surface area contributed by atoms with E-state index in [-0.39, 0.29) is 18.8 Å². The molecule has 2 rings (SSSR count). The highest BCUT2D eigenvalue weighted by Crippen LogP contribution is 2.22. The highest BCUT2D eigenvalue weighted by Gasteiger charge is 2.39. The molecule has 2 atom stereocenters. The molecule has 1 aromatic rings. The lowest BCUT2D eigenvalue weighted by Crippen LogP contribution is -2.47. The average Bonchev–Trinajstić information content (AvgIpc) is 3.18. The number of rotatable bonds is 7. The van der Waals surface area contributed by atoms with Crippen molar-refractivity contribution >= 4 is 27.9 Å². The van der Waals surface area contributed by atoms with Gasteiger partial charge in [0, 0.05) is 13.1 Å². The second-order valence-electron chi connectivity index (χ2n) is 6.41. The van der Waals surface area contributed by atoms with Crippen LogP contribution in [0.4, 0.5) is 4.79 Å². The van der Waals surface area contributed by atoms with Gasteiger partial charge in [0.05, 0.1) is 5.75 Å². The van der Waals surface area contributed by atoms with Crippen molar-refractivity contribution in [3.05, 3.63) is 35.9 Å². The Balaban J connectivity index is 1.84. The maximum atomic E-state index is 12.3. The van der Waals surface area contributed by atoms with Gasteiger partial charge in [0.15, 0.2) is 6.10 Å². The van der Waals surface area contributed by atoms with Crippen molar-refractivity contribution in [1.82, 2.24) is 14.9 Å². The number of sulfonamides is 1. The maximum Gasteiger partial charge on any atom is 0.325 e. The van der Waals surface area contributed by atoms with E-state index >= 15 is 0 Å². The Morgan fingerprint density at radius 3 is 2.57 bits per heavy atom. The molecule has 0 unspecified atom stereocenters. The van der Waals surface area contributed by atoms with Crippen molar-refractivity contribution in [1.29, 1.82) is 0 Å². The van der Waals surface area contributed by atoms with E-state index in [9.17, 15) is 22.8 Å². The Labute approximate surface area is 164 Å². The molecule has 1 aliphatic heterocycles. The highest BCUT2D eigenvalue weighted by atomic mass is 32.2. The van der Waals surface area contributed by atoms with Crippen molar-refractivity contribution in [2.24, 2.45) is 0 Å². The fraction of sp³-hybridized carbons (Fsp3) is 0.500. The van der Waals surface area contributed by atoms with Crippen molar-refractivity contribution < 1.29 is 27.5 Å². The lowest BCUT2D eigenvalue weighted by Gasteiger charge is -2.23. The summed E-state index contributed by atoms with van der Waals surface area (Å²) in [5, 5.41) is 4.63. The van der Waals surface area contributed by atoms with E-state index in [0.29, 0.717) is 12.8 Å². The van der Waals surface area contributed by atoms with Crippen LogP contribution in [0.15, 0.2) is 30.3 Å². The van der Waals surface area contributed by atoms with Crippen molar-refractivity contribution in [3.8, 4) is 0 Å². The van der Waals surface area contributed by atoms with Crippen molar-refractivity contribution in [2.75, 3.05) is 12.3 Å². The van der Waals surface area contributed by atoms with Gasteiger partial charge in [0.1, 0.15) is 6.04 Å². The van der Waals surface area contributed by atoms with E-state index in [0.717, 1.165) is 9.87 Å². The molecule has 1 fully saturated rings. The molecule has 0 spiro atoms. The molecule has 0 radical (unpaired) electrons. The van der Waals surface area contributed by atoms with Gasteiger partial charge in [-0.15, -0.1) is 0 Å². The molecule has 154 valence electrons. The normalized spacial score (nSPS) is 18.3. The minimum Gasteiger partial charge on any atom is -0.451 e. The van der Waals surface area contributed by atoms with E-state index in [1.165, 1.54) is 13.8 Å². The fourth-order valence-electron chi connectivity index (χ4n) is 2.82. The number of carbonyl (C=O) groups is 3. The van der Waals surface area contributed by atoms with E-state index in [2.05, 4.69) is 10.6 Å². The molecule has 0 aromatic heterocycles. The number of imide groups is 1. The van der Waals surface area contributed by atoms with Crippen molar-refractivity contribution in [2.45, 2.75) is 45.4 Å². The number of urea groups is 1. The van der Waals surface area contributed by atoms with Crippen molar-refractivity contribution in [3.63, 3.8) is 0 Å². The summed E-state index contributed by atoms with van der Waals surface area (Å²) in [4.78, 5) is 36.2. The Morgan fingerprint density at radius 1 is 1.25 bits per heavy atom. The summed E-state index contributed by atoms with van der Waals surface area (Å²) in [6.07, 6.45) is -0.354. The third-order valence-corrected chi connectivity index (χ3v) is 6.27. The molecule has 10 heteroatoms. The molecule has 2 N–H and O–H groups in total. The Hall–Kier alpha value is -2.46. The van der Waals surface area contributed by atoms with Crippen LogP contribution in [-0.2, 0) is 30.9 Å². The lowest BCUT2D eigenvalue weighted by molar-refractivity contribution is -0.157. The van der Waals surface area contributed by atoms with Crippen LogP contribution in [0, 0.1) is 0 Å². The highest BCUT2D eigenvalue weighted by molar-refractivity contribution is 7.89. The molecule has 0 saturated carbocycles. The van der Waals surface area contributed by atoms with Gasteiger partial charge >= 0.3 is 12.0 Å². The SMILES string of the molecule is CCS(=O)(=O)N1CCC[C@H]1C(=O)O[C@H](C)C(=O)NC(=O)NCc1ccccc1. The molecule has 0 bridgehead atoms. The quantitative estimate of drug-likeness (QED) is 0.639. The molecule has 1 heterocycles. The maximum absolute atomic E-state index is 12.3. The zero-order chi connectivity index (χ0) is 20.7. The van der Waals surface area contributed by atoms with E-state index in [1.807, 2.05) is 30.3 Å². The topological polar surface area (TPSA) is 122 Å².